The smallest absolute Gasteiger partial charge is 0.224 e. The fraction of sp³-hybridized carbons (Fsp3) is 0.462. The molecule has 1 N–H and O–H groups in total. The van der Waals surface area contributed by atoms with Gasteiger partial charge in [-0.3, -0.25) is 4.79 Å². The third kappa shape index (κ3) is 2.40. The minimum atomic E-state index is -0.211. The van der Waals surface area contributed by atoms with Crippen molar-refractivity contribution in [3.63, 3.8) is 0 Å². The van der Waals surface area contributed by atoms with E-state index < -0.39 is 0 Å². The molecule has 0 radical (unpaired) electrons. The van der Waals surface area contributed by atoms with Gasteiger partial charge in [-0.25, -0.2) is 0 Å². The van der Waals surface area contributed by atoms with Gasteiger partial charge in [0, 0.05) is 16.7 Å². The molecule has 0 bridgehead atoms. The van der Waals surface area contributed by atoms with E-state index >= 15 is 0 Å². The maximum Gasteiger partial charge on any atom is 0.224 e. The molecular formula is C13H15N3O2S. The van der Waals surface area contributed by atoms with Gasteiger partial charge in [0.15, 0.2) is 5.82 Å². The third-order valence-electron chi connectivity index (χ3n) is 3.49. The summed E-state index contributed by atoms with van der Waals surface area (Å²) < 4.78 is 4.68. The van der Waals surface area contributed by atoms with Crippen molar-refractivity contribution in [3.05, 3.63) is 34.1 Å². The zero-order valence-corrected chi connectivity index (χ0v) is 11.6. The molecule has 3 rings (SSSR count). The molecule has 0 saturated heterocycles. The Labute approximate surface area is 115 Å². The van der Waals surface area contributed by atoms with E-state index in [0.717, 1.165) is 6.42 Å². The predicted octanol–water partition coefficient (Wildman–Crippen LogP) is 2.42. The lowest BCUT2D eigenvalue weighted by atomic mass is 10.2. The highest BCUT2D eigenvalue weighted by molar-refractivity contribution is 7.10. The standard InChI is InChI=1S/C13H15N3O2S/c1-7-3-4-19-11(7)9-5-10(9)13(17)15-8(2)12-14-6-18-16-12/h3-4,6,8-10H,5H2,1-2H3,(H,15,17)/t8-,9-,10-/m1/s1. The molecule has 19 heavy (non-hydrogen) atoms. The zero-order valence-electron chi connectivity index (χ0n) is 10.8. The van der Waals surface area contributed by atoms with Crippen LogP contribution in [-0.4, -0.2) is 16.0 Å². The number of aryl methyl sites for hydroxylation is 1. The first kappa shape index (κ1) is 12.3. The van der Waals surface area contributed by atoms with E-state index in [0.29, 0.717) is 11.7 Å². The molecule has 0 aromatic carbocycles. The molecule has 0 aliphatic heterocycles. The van der Waals surface area contributed by atoms with Crippen molar-refractivity contribution in [3.8, 4) is 0 Å². The van der Waals surface area contributed by atoms with Gasteiger partial charge in [-0.1, -0.05) is 5.16 Å². The summed E-state index contributed by atoms with van der Waals surface area (Å²) >= 11 is 1.74. The molecule has 1 amide bonds. The molecular weight excluding hydrogens is 262 g/mol. The number of nitrogens with one attached hydrogen (secondary N) is 1. The molecule has 6 heteroatoms. The second-order valence-corrected chi connectivity index (χ2v) is 5.88. The highest BCUT2D eigenvalue weighted by Crippen LogP contribution is 2.50. The van der Waals surface area contributed by atoms with Crippen LogP contribution < -0.4 is 5.32 Å². The van der Waals surface area contributed by atoms with E-state index in [4.69, 9.17) is 0 Å². The number of nitrogens with zero attached hydrogens (tertiary/aromatic N) is 2. The molecule has 2 aromatic rings. The Morgan fingerprint density at radius 2 is 2.47 bits per heavy atom. The van der Waals surface area contributed by atoms with Crippen molar-refractivity contribution in [2.24, 2.45) is 5.92 Å². The minimum Gasteiger partial charge on any atom is -0.346 e. The number of amides is 1. The van der Waals surface area contributed by atoms with Gasteiger partial charge in [0.05, 0.1) is 6.04 Å². The summed E-state index contributed by atoms with van der Waals surface area (Å²) in [5.74, 6) is 1.07. The second kappa shape index (κ2) is 4.77. The summed E-state index contributed by atoms with van der Waals surface area (Å²) in [6.07, 6.45) is 2.21. The molecule has 2 aromatic heterocycles. The molecule has 100 valence electrons. The normalized spacial score (nSPS) is 23.1. The van der Waals surface area contributed by atoms with E-state index in [2.05, 4.69) is 38.4 Å². The van der Waals surface area contributed by atoms with E-state index in [1.165, 1.54) is 16.8 Å². The van der Waals surface area contributed by atoms with Crippen LogP contribution in [0.25, 0.3) is 0 Å². The van der Waals surface area contributed by atoms with E-state index in [1.54, 1.807) is 11.3 Å². The average molecular weight is 277 g/mol. The van der Waals surface area contributed by atoms with Crippen LogP contribution in [-0.2, 0) is 4.79 Å². The van der Waals surface area contributed by atoms with E-state index in [9.17, 15) is 4.79 Å². The van der Waals surface area contributed by atoms with Gasteiger partial charge in [0.2, 0.25) is 12.3 Å². The van der Waals surface area contributed by atoms with Gasteiger partial charge >= 0.3 is 0 Å². The van der Waals surface area contributed by atoms with Crippen LogP contribution in [0.5, 0.6) is 0 Å². The molecule has 1 fully saturated rings. The van der Waals surface area contributed by atoms with Gasteiger partial charge in [-0.05, 0) is 37.3 Å². The lowest BCUT2D eigenvalue weighted by Gasteiger charge is -2.09. The van der Waals surface area contributed by atoms with Gasteiger partial charge in [0.1, 0.15) is 0 Å². The lowest BCUT2D eigenvalue weighted by molar-refractivity contribution is -0.123. The van der Waals surface area contributed by atoms with Crippen molar-refractivity contribution >= 4 is 17.2 Å². The Bertz CT molecular complexity index is 578. The molecule has 3 atom stereocenters. The highest BCUT2D eigenvalue weighted by atomic mass is 32.1. The van der Waals surface area contributed by atoms with Crippen LogP contribution in [0.15, 0.2) is 22.4 Å². The summed E-state index contributed by atoms with van der Waals surface area (Å²) in [4.78, 5) is 17.4. The number of rotatable bonds is 4. The number of hydrogen-bond acceptors (Lipinski definition) is 5. The fourth-order valence-corrected chi connectivity index (χ4v) is 3.40. The fourth-order valence-electron chi connectivity index (χ4n) is 2.29. The Balaban J connectivity index is 1.60. The Hall–Kier alpha value is -1.69. The molecule has 1 aliphatic rings. The second-order valence-electron chi connectivity index (χ2n) is 4.94. The molecule has 2 heterocycles. The van der Waals surface area contributed by atoms with Gasteiger partial charge in [-0.2, -0.15) is 4.98 Å². The Kier molecular flexibility index (Phi) is 3.10. The number of hydrogen-bond donors (Lipinski definition) is 1. The van der Waals surface area contributed by atoms with Crippen LogP contribution in [0, 0.1) is 12.8 Å². The average Bonchev–Trinajstić information content (AvgIpc) is 2.81. The van der Waals surface area contributed by atoms with Crippen molar-refractivity contribution in [1.82, 2.24) is 15.5 Å². The molecule has 0 spiro atoms. The monoisotopic (exact) mass is 277 g/mol. The SMILES string of the molecule is Cc1ccsc1[C@@H]1C[C@H]1C(=O)N[C@H](C)c1ncon1. The molecule has 0 unspecified atom stereocenters. The van der Waals surface area contributed by atoms with E-state index in [-0.39, 0.29) is 17.9 Å². The summed E-state index contributed by atoms with van der Waals surface area (Å²) in [7, 11) is 0. The quantitative estimate of drug-likeness (QED) is 0.932. The van der Waals surface area contributed by atoms with Crippen LogP contribution >= 0.6 is 11.3 Å². The minimum absolute atomic E-state index is 0.0788. The van der Waals surface area contributed by atoms with Crippen molar-refractivity contribution in [1.29, 1.82) is 0 Å². The van der Waals surface area contributed by atoms with Crippen molar-refractivity contribution in [2.75, 3.05) is 0 Å². The lowest BCUT2D eigenvalue weighted by Crippen LogP contribution is -2.29. The van der Waals surface area contributed by atoms with Crippen molar-refractivity contribution in [2.45, 2.75) is 32.2 Å². The summed E-state index contributed by atoms with van der Waals surface area (Å²) in [6, 6.07) is 1.90. The van der Waals surface area contributed by atoms with Crippen LogP contribution in [0.1, 0.15) is 41.6 Å². The van der Waals surface area contributed by atoms with Gasteiger partial charge < -0.3 is 9.84 Å². The summed E-state index contributed by atoms with van der Waals surface area (Å²) in [5, 5.41) is 8.75. The van der Waals surface area contributed by atoms with Gasteiger partial charge in [-0.15, -0.1) is 11.3 Å². The first-order valence-electron chi connectivity index (χ1n) is 6.27. The number of carbonyl (C=O) groups excluding carboxylic acids is 1. The summed E-state index contributed by atoms with van der Waals surface area (Å²) in [5.41, 5.74) is 1.29. The van der Waals surface area contributed by atoms with Crippen LogP contribution in [0.3, 0.4) is 0 Å². The molecule has 5 nitrogen and oxygen atoms in total. The molecule has 1 aliphatic carbocycles. The Morgan fingerprint density at radius 3 is 3.11 bits per heavy atom. The summed E-state index contributed by atoms with van der Waals surface area (Å²) in [6.45, 7) is 3.96. The first-order chi connectivity index (χ1) is 9.16. The van der Waals surface area contributed by atoms with Crippen molar-refractivity contribution < 1.29 is 9.32 Å². The number of carbonyl (C=O) groups is 1. The number of aromatic nitrogens is 2. The zero-order chi connectivity index (χ0) is 13.4. The van der Waals surface area contributed by atoms with Crippen LogP contribution in [0.2, 0.25) is 0 Å². The number of thiophene rings is 1. The first-order valence-corrected chi connectivity index (χ1v) is 7.15. The maximum absolute atomic E-state index is 12.1. The highest BCUT2D eigenvalue weighted by Gasteiger charge is 2.45. The van der Waals surface area contributed by atoms with Gasteiger partial charge in [0.25, 0.3) is 0 Å². The largest absolute Gasteiger partial charge is 0.346 e. The molecule has 1 saturated carbocycles. The van der Waals surface area contributed by atoms with E-state index in [1.807, 2.05) is 6.92 Å². The third-order valence-corrected chi connectivity index (χ3v) is 4.64. The topological polar surface area (TPSA) is 68.0 Å². The Morgan fingerprint density at radius 1 is 1.63 bits per heavy atom. The van der Waals surface area contributed by atoms with Crippen LogP contribution in [0.4, 0.5) is 0 Å². The predicted molar refractivity (Wildman–Crippen MR) is 70.8 cm³/mol. The maximum atomic E-state index is 12.1.